The molecule has 14 heavy (non-hydrogen) atoms. The highest BCUT2D eigenvalue weighted by Crippen LogP contribution is 2.23. The van der Waals surface area contributed by atoms with Crippen molar-refractivity contribution in [2.45, 2.75) is 45.1 Å². The van der Waals surface area contributed by atoms with Crippen LogP contribution in [0.2, 0.25) is 0 Å². The maximum Gasteiger partial charge on any atom is 0.00766 e. The minimum absolute atomic E-state index is 0.328. The van der Waals surface area contributed by atoms with Gasteiger partial charge in [-0.2, -0.15) is 0 Å². The lowest BCUT2D eigenvalue weighted by molar-refractivity contribution is 0.646. The lowest BCUT2D eigenvalue weighted by Gasteiger charge is -2.09. The Morgan fingerprint density at radius 1 is 1.29 bits per heavy atom. The highest BCUT2D eigenvalue weighted by atomic mass is 14.6. The van der Waals surface area contributed by atoms with Gasteiger partial charge in [0.25, 0.3) is 0 Å². The molecule has 1 aliphatic rings. The Balaban J connectivity index is 2.12. The zero-order valence-corrected chi connectivity index (χ0v) is 8.92. The molecule has 2 N–H and O–H groups in total. The average Bonchev–Trinajstić information content (AvgIpc) is 2.64. The van der Waals surface area contributed by atoms with Gasteiger partial charge in [-0.25, -0.2) is 0 Å². The minimum Gasteiger partial charge on any atom is -0.327 e. The third-order valence-corrected chi connectivity index (χ3v) is 3.19. The Labute approximate surface area is 86.3 Å². The van der Waals surface area contributed by atoms with Crippen molar-refractivity contribution in [3.05, 3.63) is 34.9 Å². The van der Waals surface area contributed by atoms with Crippen LogP contribution in [0, 0.1) is 0 Å². The first kappa shape index (κ1) is 9.72. The summed E-state index contributed by atoms with van der Waals surface area (Å²) in [5.74, 6) is 0. The van der Waals surface area contributed by atoms with E-state index in [1.165, 1.54) is 24.8 Å². The fourth-order valence-electron chi connectivity index (χ4n) is 2.20. The van der Waals surface area contributed by atoms with E-state index in [1.807, 2.05) is 0 Å². The number of hydrogen-bond acceptors (Lipinski definition) is 1. The number of rotatable bonds is 3. The van der Waals surface area contributed by atoms with Gasteiger partial charge in [-0.15, -0.1) is 0 Å². The average molecular weight is 189 g/mol. The first-order chi connectivity index (χ1) is 6.79. The number of nitrogens with two attached hydrogens (primary N) is 1. The SMILES string of the molecule is CCC(N)Cc1ccc2c(c1)CCC2. The molecule has 0 aromatic heterocycles. The Bertz CT molecular complexity index is 317. The second kappa shape index (κ2) is 4.14. The van der Waals surface area contributed by atoms with Crippen LogP contribution in [0.25, 0.3) is 0 Å². The van der Waals surface area contributed by atoms with E-state index in [-0.39, 0.29) is 0 Å². The van der Waals surface area contributed by atoms with Crippen molar-refractivity contribution in [1.29, 1.82) is 0 Å². The normalized spacial score (nSPS) is 16.7. The van der Waals surface area contributed by atoms with E-state index in [0.717, 1.165) is 12.8 Å². The summed E-state index contributed by atoms with van der Waals surface area (Å²) in [6.45, 7) is 2.15. The zero-order valence-electron chi connectivity index (χ0n) is 8.92. The smallest absolute Gasteiger partial charge is 0.00766 e. The van der Waals surface area contributed by atoms with Crippen LogP contribution in [0.5, 0.6) is 0 Å². The molecule has 0 radical (unpaired) electrons. The summed E-state index contributed by atoms with van der Waals surface area (Å²) in [6.07, 6.45) is 5.97. The summed E-state index contributed by atoms with van der Waals surface area (Å²) >= 11 is 0. The van der Waals surface area contributed by atoms with E-state index in [9.17, 15) is 0 Å². The summed E-state index contributed by atoms with van der Waals surface area (Å²) in [4.78, 5) is 0. The van der Waals surface area contributed by atoms with Gasteiger partial charge in [-0.1, -0.05) is 25.1 Å². The van der Waals surface area contributed by atoms with Crippen molar-refractivity contribution in [2.24, 2.45) is 5.73 Å². The third-order valence-electron chi connectivity index (χ3n) is 3.19. The van der Waals surface area contributed by atoms with Crippen molar-refractivity contribution in [2.75, 3.05) is 0 Å². The molecule has 0 amide bonds. The van der Waals surface area contributed by atoms with Crippen LogP contribution in [0.3, 0.4) is 0 Å². The molecule has 1 atom stereocenters. The molecule has 0 bridgehead atoms. The summed E-state index contributed by atoms with van der Waals surface area (Å²) in [5.41, 5.74) is 10.5. The molecule has 2 rings (SSSR count). The van der Waals surface area contributed by atoms with Crippen LogP contribution in [-0.4, -0.2) is 6.04 Å². The largest absolute Gasteiger partial charge is 0.327 e. The van der Waals surface area contributed by atoms with Gasteiger partial charge >= 0.3 is 0 Å². The molecular formula is C13H19N. The Morgan fingerprint density at radius 2 is 2.07 bits per heavy atom. The summed E-state index contributed by atoms with van der Waals surface area (Å²) in [7, 11) is 0. The van der Waals surface area contributed by atoms with E-state index in [2.05, 4.69) is 25.1 Å². The van der Waals surface area contributed by atoms with E-state index < -0.39 is 0 Å². The van der Waals surface area contributed by atoms with Gasteiger partial charge in [-0.3, -0.25) is 0 Å². The molecule has 0 aliphatic heterocycles. The monoisotopic (exact) mass is 189 g/mol. The minimum atomic E-state index is 0.328. The predicted octanol–water partition coefficient (Wildman–Crippen LogP) is 2.46. The first-order valence-electron chi connectivity index (χ1n) is 5.66. The van der Waals surface area contributed by atoms with E-state index in [4.69, 9.17) is 5.73 Å². The van der Waals surface area contributed by atoms with E-state index in [1.54, 1.807) is 11.1 Å². The van der Waals surface area contributed by atoms with Crippen molar-refractivity contribution >= 4 is 0 Å². The molecule has 1 unspecified atom stereocenters. The van der Waals surface area contributed by atoms with Crippen molar-refractivity contribution in [1.82, 2.24) is 0 Å². The molecule has 0 spiro atoms. The molecule has 1 aromatic rings. The van der Waals surface area contributed by atoms with Crippen molar-refractivity contribution in [3.8, 4) is 0 Å². The Kier molecular flexibility index (Phi) is 2.87. The molecule has 0 saturated heterocycles. The molecule has 1 nitrogen and oxygen atoms in total. The van der Waals surface area contributed by atoms with Gasteiger partial charge in [0, 0.05) is 6.04 Å². The van der Waals surface area contributed by atoms with Gasteiger partial charge in [0.1, 0.15) is 0 Å². The fourth-order valence-corrected chi connectivity index (χ4v) is 2.20. The van der Waals surface area contributed by atoms with Gasteiger partial charge in [-0.05, 0) is 48.8 Å². The second-order valence-electron chi connectivity index (χ2n) is 4.33. The topological polar surface area (TPSA) is 26.0 Å². The number of fused-ring (bicyclic) bond motifs is 1. The quantitative estimate of drug-likeness (QED) is 0.776. The molecular weight excluding hydrogens is 170 g/mol. The van der Waals surface area contributed by atoms with Crippen molar-refractivity contribution in [3.63, 3.8) is 0 Å². The third kappa shape index (κ3) is 1.98. The second-order valence-corrected chi connectivity index (χ2v) is 4.33. The molecule has 1 aliphatic carbocycles. The van der Waals surface area contributed by atoms with E-state index in [0.29, 0.717) is 6.04 Å². The lowest BCUT2D eigenvalue weighted by Crippen LogP contribution is -2.21. The maximum absolute atomic E-state index is 5.95. The van der Waals surface area contributed by atoms with Gasteiger partial charge in [0.2, 0.25) is 0 Å². The molecule has 1 aromatic carbocycles. The first-order valence-corrected chi connectivity index (χ1v) is 5.66. The predicted molar refractivity (Wildman–Crippen MR) is 60.4 cm³/mol. The summed E-state index contributed by atoms with van der Waals surface area (Å²) < 4.78 is 0. The number of hydrogen-bond donors (Lipinski definition) is 1. The van der Waals surface area contributed by atoms with Crippen LogP contribution < -0.4 is 5.73 Å². The van der Waals surface area contributed by atoms with Crippen LogP contribution in [0.1, 0.15) is 36.5 Å². The summed E-state index contributed by atoms with van der Waals surface area (Å²) in [6, 6.07) is 7.23. The van der Waals surface area contributed by atoms with Crippen LogP contribution >= 0.6 is 0 Å². The maximum atomic E-state index is 5.95. The molecule has 76 valence electrons. The summed E-state index contributed by atoms with van der Waals surface area (Å²) in [5, 5.41) is 0. The Hall–Kier alpha value is -0.820. The number of aryl methyl sites for hydroxylation is 2. The zero-order chi connectivity index (χ0) is 9.97. The Morgan fingerprint density at radius 3 is 2.86 bits per heavy atom. The van der Waals surface area contributed by atoms with Crippen LogP contribution in [0.15, 0.2) is 18.2 Å². The highest BCUT2D eigenvalue weighted by Gasteiger charge is 2.11. The van der Waals surface area contributed by atoms with Gasteiger partial charge in [0.15, 0.2) is 0 Å². The molecule has 0 saturated carbocycles. The molecule has 0 fully saturated rings. The van der Waals surface area contributed by atoms with Gasteiger partial charge < -0.3 is 5.73 Å². The van der Waals surface area contributed by atoms with Crippen LogP contribution in [-0.2, 0) is 19.3 Å². The number of benzene rings is 1. The van der Waals surface area contributed by atoms with Crippen molar-refractivity contribution < 1.29 is 0 Å². The standard InChI is InChI=1S/C13H19N/c1-2-13(14)9-10-6-7-11-4-3-5-12(11)8-10/h6-8,13H,2-5,9,14H2,1H3. The fraction of sp³-hybridized carbons (Fsp3) is 0.538. The molecule has 1 heteroatoms. The van der Waals surface area contributed by atoms with Gasteiger partial charge in [0.05, 0.1) is 0 Å². The lowest BCUT2D eigenvalue weighted by atomic mass is 10.0. The van der Waals surface area contributed by atoms with Crippen LogP contribution in [0.4, 0.5) is 0 Å². The van der Waals surface area contributed by atoms with E-state index >= 15 is 0 Å². The highest BCUT2D eigenvalue weighted by molar-refractivity contribution is 5.35. The molecule has 0 heterocycles.